The number of hydrogen-bond donors (Lipinski definition) is 0. The molecule has 0 spiro atoms. The SMILES string of the molecule is CC(=O)O[C@H]1[C@H](OCc2ccccc2)[C@H]2[C@@H](OC(C)=O)CCN2C(=O)[C@@H]1OC(C)=O. The molecule has 9 nitrogen and oxygen atoms in total. The fraction of sp³-hybridized carbons (Fsp3) is 0.524. The summed E-state index contributed by atoms with van der Waals surface area (Å²) in [6, 6.07) is 8.66. The van der Waals surface area contributed by atoms with Crippen LogP contribution in [0.15, 0.2) is 30.3 Å². The molecule has 2 saturated heterocycles. The first-order valence-electron chi connectivity index (χ1n) is 9.75. The van der Waals surface area contributed by atoms with Crippen molar-refractivity contribution in [3.63, 3.8) is 0 Å². The Bertz CT molecular complexity index is 810. The lowest BCUT2D eigenvalue weighted by molar-refractivity contribution is -0.210. The fourth-order valence-corrected chi connectivity index (χ4v) is 4.02. The third-order valence-electron chi connectivity index (χ3n) is 5.08. The first-order chi connectivity index (χ1) is 14.3. The lowest BCUT2D eigenvalue weighted by Crippen LogP contribution is -2.67. The molecule has 0 unspecified atom stereocenters. The van der Waals surface area contributed by atoms with E-state index in [2.05, 4.69) is 0 Å². The van der Waals surface area contributed by atoms with Crippen LogP contribution in [0.1, 0.15) is 32.8 Å². The van der Waals surface area contributed by atoms with Gasteiger partial charge in [-0.05, 0) is 5.56 Å². The van der Waals surface area contributed by atoms with Gasteiger partial charge in [-0.3, -0.25) is 19.2 Å². The molecular weight excluding hydrogens is 394 g/mol. The van der Waals surface area contributed by atoms with Crippen LogP contribution in [0.2, 0.25) is 0 Å². The van der Waals surface area contributed by atoms with E-state index in [0.717, 1.165) is 5.56 Å². The second kappa shape index (κ2) is 9.25. The predicted molar refractivity (Wildman–Crippen MR) is 102 cm³/mol. The van der Waals surface area contributed by atoms with E-state index in [1.807, 2.05) is 30.3 Å². The lowest BCUT2D eigenvalue weighted by Gasteiger charge is -2.45. The standard InChI is InChI=1S/C21H25NO8/c1-12(23)28-16-9-10-22-17(16)18(27-11-15-7-5-4-6-8-15)19(29-13(2)24)20(21(22)26)30-14(3)25/h4-8,16-20H,9-11H2,1-3H3/t16-,17+,18+,19-,20+/m0/s1. The predicted octanol–water partition coefficient (Wildman–Crippen LogP) is 0.981. The number of amides is 1. The Morgan fingerprint density at radius 2 is 1.57 bits per heavy atom. The molecular formula is C21H25NO8. The van der Waals surface area contributed by atoms with Crippen LogP contribution >= 0.6 is 0 Å². The van der Waals surface area contributed by atoms with E-state index in [0.29, 0.717) is 13.0 Å². The Hall–Kier alpha value is -2.94. The van der Waals surface area contributed by atoms with Crippen molar-refractivity contribution in [1.29, 1.82) is 0 Å². The molecule has 9 heteroatoms. The van der Waals surface area contributed by atoms with Gasteiger partial charge >= 0.3 is 17.9 Å². The Labute approximate surface area is 174 Å². The maximum absolute atomic E-state index is 13.0. The number of esters is 3. The second-order valence-electron chi connectivity index (χ2n) is 7.32. The van der Waals surface area contributed by atoms with Crippen LogP contribution in [0.25, 0.3) is 0 Å². The molecule has 2 aliphatic heterocycles. The quantitative estimate of drug-likeness (QED) is 0.496. The van der Waals surface area contributed by atoms with Gasteiger partial charge in [0.15, 0.2) is 6.10 Å². The summed E-state index contributed by atoms with van der Waals surface area (Å²) in [5.74, 6) is -2.31. The van der Waals surface area contributed by atoms with E-state index in [9.17, 15) is 19.2 Å². The van der Waals surface area contributed by atoms with Crippen LogP contribution in [0.5, 0.6) is 0 Å². The molecule has 0 saturated carbocycles. The van der Waals surface area contributed by atoms with Gasteiger partial charge in [0.05, 0.1) is 12.6 Å². The maximum Gasteiger partial charge on any atom is 0.303 e. The number of hydrogen-bond acceptors (Lipinski definition) is 8. The van der Waals surface area contributed by atoms with Gasteiger partial charge in [-0.2, -0.15) is 0 Å². The van der Waals surface area contributed by atoms with Crippen molar-refractivity contribution in [2.75, 3.05) is 6.54 Å². The molecule has 2 heterocycles. The van der Waals surface area contributed by atoms with Crippen molar-refractivity contribution >= 4 is 23.8 Å². The summed E-state index contributed by atoms with van der Waals surface area (Å²) in [5, 5.41) is 0. The van der Waals surface area contributed by atoms with Gasteiger partial charge in [-0.25, -0.2) is 0 Å². The van der Waals surface area contributed by atoms with Gasteiger partial charge < -0.3 is 23.8 Å². The highest BCUT2D eigenvalue weighted by atomic mass is 16.6. The number of rotatable bonds is 6. The first-order valence-corrected chi connectivity index (χ1v) is 9.75. The molecule has 30 heavy (non-hydrogen) atoms. The molecule has 5 atom stereocenters. The Morgan fingerprint density at radius 3 is 2.17 bits per heavy atom. The fourth-order valence-electron chi connectivity index (χ4n) is 4.02. The summed E-state index contributed by atoms with van der Waals surface area (Å²) in [5.41, 5.74) is 0.869. The lowest BCUT2D eigenvalue weighted by atomic mass is 9.91. The summed E-state index contributed by atoms with van der Waals surface area (Å²) < 4.78 is 22.2. The van der Waals surface area contributed by atoms with Crippen molar-refractivity contribution in [2.24, 2.45) is 0 Å². The van der Waals surface area contributed by atoms with Gasteiger partial charge in [-0.1, -0.05) is 30.3 Å². The molecule has 2 fully saturated rings. The van der Waals surface area contributed by atoms with Crippen molar-refractivity contribution < 1.29 is 38.1 Å². The van der Waals surface area contributed by atoms with Gasteiger partial charge in [0, 0.05) is 33.7 Å². The van der Waals surface area contributed by atoms with Crippen molar-refractivity contribution in [3.05, 3.63) is 35.9 Å². The van der Waals surface area contributed by atoms with Crippen molar-refractivity contribution in [2.45, 2.75) is 64.3 Å². The van der Waals surface area contributed by atoms with Gasteiger partial charge in [0.2, 0.25) is 6.10 Å². The number of piperidine rings is 1. The Kier molecular flexibility index (Phi) is 6.71. The summed E-state index contributed by atoms with van der Waals surface area (Å²) in [7, 11) is 0. The molecule has 0 aromatic heterocycles. The number of fused-ring (bicyclic) bond motifs is 1. The molecule has 162 valence electrons. The van der Waals surface area contributed by atoms with E-state index in [1.165, 1.54) is 25.7 Å². The number of nitrogens with zero attached hydrogens (tertiary/aromatic N) is 1. The molecule has 1 aromatic carbocycles. The summed E-state index contributed by atoms with van der Waals surface area (Å²) in [6.07, 6.45) is -3.58. The normalized spacial score (nSPS) is 27.9. The molecule has 0 N–H and O–H groups in total. The summed E-state index contributed by atoms with van der Waals surface area (Å²) in [6.45, 7) is 4.14. The van der Waals surface area contributed by atoms with Gasteiger partial charge in [-0.15, -0.1) is 0 Å². The van der Waals surface area contributed by atoms with Crippen LogP contribution in [0.4, 0.5) is 0 Å². The second-order valence-corrected chi connectivity index (χ2v) is 7.32. The topological polar surface area (TPSA) is 108 Å². The van der Waals surface area contributed by atoms with Crippen LogP contribution in [-0.2, 0) is 44.7 Å². The highest BCUT2D eigenvalue weighted by Gasteiger charge is 2.58. The van der Waals surface area contributed by atoms with Crippen LogP contribution < -0.4 is 0 Å². The summed E-state index contributed by atoms with van der Waals surface area (Å²) >= 11 is 0. The van der Waals surface area contributed by atoms with E-state index >= 15 is 0 Å². The van der Waals surface area contributed by atoms with E-state index in [-0.39, 0.29) is 6.61 Å². The molecule has 0 radical (unpaired) electrons. The molecule has 1 amide bonds. The molecule has 1 aromatic rings. The zero-order valence-electron chi connectivity index (χ0n) is 17.1. The van der Waals surface area contributed by atoms with E-state index in [4.69, 9.17) is 18.9 Å². The largest absolute Gasteiger partial charge is 0.460 e. The maximum atomic E-state index is 13.0. The van der Waals surface area contributed by atoms with E-state index in [1.54, 1.807) is 0 Å². The van der Waals surface area contributed by atoms with E-state index < -0.39 is 54.3 Å². The third kappa shape index (κ3) is 4.79. The average Bonchev–Trinajstić information content (AvgIpc) is 3.08. The zero-order chi connectivity index (χ0) is 21.8. The summed E-state index contributed by atoms with van der Waals surface area (Å²) in [4.78, 5) is 49.5. The number of benzene rings is 1. The molecule has 0 bridgehead atoms. The first kappa shape index (κ1) is 21.8. The van der Waals surface area contributed by atoms with Gasteiger partial charge in [0.1, 0.15) is 12.2 Å². The van der Waals surface area contributed by atoms with Crippen molar-refractivity contribution in [3.8, 4) is 0 Å². The smallest absolute Gasteiger partial charge is 0.303 e. The third-order valence-corrected chi connectivity index (χ3v) is 5.08. The van der Waals surface area contributed by atoms with Crippen LogP contribution in [0, 0.1) is 0 Å². The number of carbonyl (C=O) groups is 4. The Balaban J connectivity index is 1.95. The number of ether oxygens (including phenoxy) is 4. The molecule has 0 aliphatic carbocycles. The van der Waals surface area contributed by atoms with Crippen LogP contribution in [-0.4, -0.2) is 65.7 Å². The van der Waals surface area contributed by atoms with Gasteiger partial charge in [0.25, 0.3) is 5.91 Å². The highest BCUT2D eigenvalue weighted by molar-refractivity contribution is 5.86. The molecule has 2 aliphatic rings. The zero-order valence-corrected chi connectivity index (χ0v) is 17.1. The Morgan fingerprint density at radius 1 is 0.933 bits per heavy atom. The molecule has 3 rings (SSSR count). The monoisotopic (exact) mass is 419 g/mol. The number of carbonyl (C=O) groups excluding carboxylic acids is 4. The highest BCUT2D eigenvalue weighted by Crippen LogP contribution is 2.35. The average molecular weight is 419 g/mol. The minimum Gasteiger partial charge on any atom is -0.460 e. The minimum absolute atomic E-state index is 0.168. The van der Waals surface area contributed by atoms with Crippen LogP contribution in [0.3, 0.4) is 0 Å². The minimum atomic E-state index is -1.33. The van der Waals surface area contributed by atoms with Crippen molar-refractivity contribution in [1.82, 2.24) is 4.90 Å².